The zero-order chi connectivity index (χ0) is 16.2. The third-order valence-corrected chi connectivity index (χ3v) is 4.65. The van der Waals surface area contributed by atoms with E-state index in [2.05, 4.69) is 63.2 Å². The quantitative estimate of drug-likeness (QED) is 0.672. The molecule has 0 aromatic heterocycles. The van der Waals surface area contributed by atoms with E-state index in [0.29, 0.717) is 5.75 Å². The van der Waals surface area contributed by atoms with E-state index in [1.165, 1.54) is 24.0 Å². The molecule has 0 radical (unpaired) electrons. The highest BCUT2D eigenvalue weighted by molar-refractivity contribution is 5.48. The van der Waals surface area contributed by atoms with E-state index in [-0.39, 0.29) is 5.41 Å². The molecule has 0 aliphatic rings. The highest BCUT2D eigenvalue weighted by atomic mass is 16.3. The van der Waals surface area contributed by atoms with Crippen molar-refractivity contribution in [1.29, 1.82) is 0 Å². The van der Waals surface area contributed by atoms with Crippen LogP contribution in [-0.2, 0) is 11.8 Å². The van der Waals surface area contributed by atoms with E-state index >= 15 is 0 Å². The number of phenols is 1. The molecule has 0 amide bonds. The minimum Gasteiger partial charge on any atom is -0.507 e. The lowest BCUT2D eigenvalue weighted by Crippen LogP contribution is -2.19. The lowest BCUT2D eigenvalue weighted by molar-refractivity contribution is 0.461. The van der Waals surface area contributed by atoms with Gasteiger partial charge in [-0.25, -0.2) is 0 Å². The van der Waals surface area contributed by atoms with Gasteiger partial charge in [-0.15, -0.1) is 0 Å². The molecule has 0 saturated heterocycles. The minimum absolute atomic E-state index is 0.0563. The number of hydrogen-bond donors (Lipinski definition) is 1. The van der Waals surface area contributed by atoms with Gasteiger partial charge in [0.15, 0.2) is 0 Å². The lowest BCUT2D eigenvalue weighted by Gasteiger charge is -2.27. The Labute approximate surface area is 135 Å². The van der Waals surface area contributed by atoms with Gasteiger partial charge in [-0.2, -0.15) is 0 Å². The van der Waals surface area contributed by atoms with Crippen LogP contribution in [-0.4, -0.2) is 5.11 Å². The second kappa shape index (κ2) is 7.00. The molecule has 1 heteroatoms. The molecule has 22 heavy (non-hydrogen) atoms. The first-order valence-electron chi connectivity index (χ1n) is 8.35. The topological polar surface area (TPSA) is 20.2 Å². The Hall–Kier alpha value is -1.76. The molecule has 0 bridgehead atoms. The summed E-state index contributed by atoms with van der Waals surface area (Å²) in [5.74, 6) is 0.476. The predicted molar refractivity (Wildman–Crippen MR) is 94.6 cm³/mol. The molecule has 0 atom stereocenters. The van der Waals surface area contributed by atoms with E-state index < -0.39 is 0 Å². The van der Waals surface area contributed by atoms with Gasteiger partial charge in [-0.05, 0) is 42.0 Å². The largest absolute Gasteiger partial charge is 0.507 e. The molecule has 0 aliphatic carbocycles. The third kappa shape index (κ3) is 3.52. The number of unbranched alkanes of at least 4 members (excludes halogenated alkanes) is 2. The van der Waals surface area contributed by atoms with Crippen LogP contribution in [0.3, 0.4) is 0 Å². The maximum Gasteiger partial charge on any atom is 0.121 e. The van der Waals surface area contributed by atoms with Gasteiger partial charge in [0, 0.05) is 5.41 Å². The maximum atomic E-state index is 10.4. The van der Waals surface area contributed by atoms with Crippen molar-refractivity contribution in [3.05, 3.63) is 64.7 Å². The Bertz CT molecular complexity index is 611. The Morgan fingerprint density at radius 3 is 2.27 bits per heavy atom. The van der Waals surface area contributed by atoms with Crippen LogP contribution in [0.5, 0.6) is 5.75 Å². The fourth-order valence-electron chi connectivity index (χ4n) is 2.99. The first kappa shape index (κ1) is 16.6. The van der Waals surface area contributed by atoms with Gasteiger partial charge < -0.3 is 5.11 Å². The van der Waals surface area contributed by atoms with Gasteiger partial charge in [0.25, 0.3) is 0 Å². The molecule has 0 spiro atoms. The van der Waals surface area contributed by atoms with E-state index in [1.54, 1.807) is 0 Å². The fourth-order valence-corrected chi connectivity index (χ4v) is 2.99. The van der Waals surface area contributed by atoms with Crippen LogP contribution >= 0.6 is 0 Å². The number of rotatable bonds is 6. The molecular formula is C21H28O. The smallest absolute Gasteiger partial charge is 0.121 e. The molecule has 2 rings (SSSR count). The van der Waals surface area contributed by atoms with Crippen LogP contribution in [0.15, 0.2) is 42.5 Å². The maximum absolute atomic E-state index is 10.4. The molecule has 118 valence electrons. The van der Waals surface area contributed by atoms with Crippen molar-refractivity contribution in [3.63, 3.8) is 0 Å². The van der Waals surface area contributed by atoms with Crippen molar-refractivity contribution in [2.24, 2.45) is 0 Å². The van der Waals surface area contributed by atoms with Crippen LogP contribution in [0.25, 0.3) is 0 Å². The minimum atomic E-state index is -0.0563. The molecule has 2 aromatic rings. The number of hydrogen-bond acceptors (Lipinski definition) is 1. The van der Waals surface area contributed by atoms with E-state index in [1.807, 2.05) is 6.92 Å². The second-order valence-corrected chi connectivity index (χ2v) is 6.75. The van der Waals surface area contributed by atoms with E-state index in [4.69, 9.17) is 0 Å². The Morgan fingerprint density at radius 1 is 0.955 bits per heavy atom. The molecule has 1 nitrogen and oxygen atoms in total. The predicted octanol–water partition coefficient (Wildman–Crippen LogP) is 5.76. The standard InChI is InChI=1S/C21H28O/c1-5-6-8-11-17-15-19(14-16(2)20(17)22)21(3,4)18-12-9-7-10-13-18/h7,9-10,12-15,22H,5-6,8,11H2,1-4H3. The zero-order valence-electron chi connectivity index (χ0n) is 14.3. The summed E-state index contributed by atoms with van der Waals surface area (Å²) in [4.78, 5) is 0. The molecule has 0 heterocycles. The van der Waals surface area contributed by atoms with Crippen molar-refractivity contribution in [1.82, 2.24) is 0 Å². The van der Waals surface area contributed by atoms with Gasteiger partial charge in [0.2, 0.25) is 0 Å². The zero-order valence-corrected chi connectivity index (χ0v) is 14.3. The Balaban J connectivity index is 2.38. The summed E-state index contributed by atoms with van der Waals surface area (Å²) in [6.07, 6.45) is 4.51. The van der Waals surface area contributed by atoms with Crippen molar-refractivity contribution in [2.45, 2.75) is 58.8 Å². The first-order valence-corrected chi connectivity index (χ1v) is 8.35. The van der Waals surface area contributed by atoms with Crippen molar-refractivity contribution in [2.75, 3.05) is 0 Å². The fraction of sp³-hybridized carbons (Fsp3) is 0.429. The number of phenolic OH excluding ortho intramolecular Hbond substituents is 1. The van der Waals surface area contributed by atoms with E-state index in [0.717, 1.165) is 24.0 Å². The van der Waals surface area contributed by atoms with Crippen molar-refractivity contribution < 1.29 is 5.11 Å². The monoisotopic (exact) mass is 296 g/mol. The Morgan fingerprint density at radius 2 is 1.64 bits per heavy atom. The highest BCUT2D eigenvalue weighted by Crippen LogP contribution is 2.36. The van der Waals surface area contributed by atoms with Crippen LogP contribution in [0.4, 0.5) is 0 Å². The van der Waals surface area contributed by atoms with Gasteiger partial charge in [0.05, 0.1) is 0 Å². The van der Waals surface area contributed by atoms with Crippen LogP contribution < -0.4 is 0 Å². The molecular weight excluding hydrogens is 268 g/mol. The number of aryl methyl sites for hydroxylation is 2. The molecule has 1 N–H and O–H groups in total. The summed E-state index contributed by atoms with van der Waals surface area (Å²) in [7, 11) is 0. The normalized spacial score (nSPS) is 11.6. The van der Waals surface area contributed by atoms with E-state index in [9.17, 15) is 5.11 Å². The molecule has 0 aliphatic heterocycles. The number of benzene rings is 2. The average molecular weight is 296 g/mol. The summed E-state index contributed by atoms with van der Waals surface area (Å²) >= 11 is 0. The molecule has 2 aromatic carbocycles. The summed E-state index contributed by atoms with van der Waals surface area (Å²) in [5, 5.41) is 10.4. The lowest BCUT2D eigenvalue weighted by atomic mass is 9.77. The van der Waals surface area contributed by atoms with Crippen molar-refractivity contribution in [3.8, 4) is 5.75 Å². The molecule has 0 saturated carbocycles. The van der Waals surface area contributed by atoms with Crippen LogP contribution in [0.1, 0.15) is 62.3 Å². The second-order valence-electron chi connectivity index (χ2n) is 6.75. The van der Waals surface area contributed by atoms with Crippen LogP contribution in [0, 0.1) is 6.92 Å². The summed E-state index contributed by atoms with van der Waals surface area (Å²) in [6.45, 7) is 8.72. The Kier molecular flexibility index (Phi) is 5.28. The van der Waals surface area contributed by atoms with Crippen molar-refractivity contribution >= 4 is 0 Å². The molecule has 0 fully saturated rings. The first-order chi connectivity index (χ1) is 10.5. The molecule has 0 unspecified atom stereocenters. The summed E-state index contributed by atoms with van der Waals surface area (Å²) in [5.41, 5.74) is 4.60. The number of aromatic hydroxyl groups is 1. The van der Waals surface area contributed by atoms with Gasteiger partial charge in [-0.1, -0.05) is 76.1 Å². The van der Waals surface area contributed by atoms with Gasteiger partial charge in [-0.3, -0.25) is 0 Å². The average Bonchev–Trinajstić information content (AvgIpc) is 2.52. The highest BCUT2D eigenvalue weighted by Gasteiger charge is 2.24. The van der Waals surface area contributed by atoms with Gasteiger partial charge in [0.1, 0.15) is 5.75 Å². The third-order valence-electron chi connectivity index (χ3n) is 4.65. The van der Waals surface area contributed by atoms with Gasteiger partial charge >= 0.3 is 0 Å². The SMILES string of the molecule is CCCCCc1cc(C(C)(C)c2ccccc2)cc(C)c1O. The summed E-state index contributed by atoms with van der Waals surface area (Å²) < 4.78 is 0. The van der Waals surface area contributed by atoms with Crippen LogP contribution in [0.2, 0.25) is 0 Å². The summed E-state index contributed by atoms with van der Waals surface area (Å²) in [6, 6.07) is 14.9.